The minimum absolute atomic E-state index is 0.0890. The van der Waals surface area contributed by atoms with Gasteiger partial charge in [0.25, 0.3) is 11.9 Å². The van der Waals surface area contributed by atoms with Crippen LogP contribution in [0.1, 0.15) is 0 Å². The van der Waals surface area contributed by atoms with Crippen molar-refractivity contribution in [1.29, 1.82) is 0 Å². The van der Waals surface area contributed by atoms with E-state index in [0.717, 1.165) is 35.7 Å². The van der Waals surface area contributed by atoms with E-state index < -0.39 is 6.10 Å². The molecule has 1 amide bonds. The maximum atomic E-state index is 12.6. The lowest BCUT2D eigenvalue weighted by atomic mass is 10.2. The number of carbonyl (C=O) groups is 1. The number of para-hydroxylation sites is 2. The predicted octanol–water partition coefficient (Wildman–Crippen LogP) is 1.61. The van der Waals surface area contributed by atoms with Gasteiger partial charge in [-0.3, -0.25) is 4.79 Å². The van der Waals surface area contributed by atoms with Crippen molar-refractivity contribution in [1.82, 2.24) is 9.88 Å². The zero-order chi connectivity index (χ0) is 15.6. The number of hydrogen-bond acceptors (Lipinski definition) is 6. The molecule has 6 nitrogen and oxygen atoms in total. The molecule has 7 heteroatoms. The third-order valence-corrected chi connectivity index (χ3v) is 5.16. The molecular formula is C16H19N3O3S. The first-order chi connectivity index (χ1) is 11.3. The molecule has 23 heavy (non-hydrogen) atoms. The van der Waals surface area contributed by atoms with Crippen molar-refractivity contribution in [2.24, 2.45) is 0 Å². The molecule has 2 aliphatic rings. The number of thioether (sulfide) groups is 1. The van der Waals surface area contributed by atoms with E-state index in [1.165, 1.54) is 0 Å². The summed E-state index contributed by atoms with van der Waals surface area (Å²) in [5.74, 6) is 2.10. The van der Waals surface area contributed by atoms with Crippen molar-refractivity contribution in [3.05, 3.63) is 24.3 Å². The first-order valence-corrected chi connectivity index (χ1v) is 9.05. The zero-order valence-electron chi connectivity index (χ0n) is 12.8. The Balaban J connectivity index is 1.48. The molecule has 1 aromatic carbocycles. The second-order valence-corrected chi connectivity index (χ2v) is 6.93. The van der Waals surface area contributed by atoms with Crippen LogP contribution in [-0.4, -0.2) is 66.2 Å². The van der Waals surface area contributed by atoms with Gasteiger partial charge in [-0.2, -0.15) is 16.7 Å². The third-order valence-electron chi connectivity index (χ3n) is 4.22. The van der Waals surface area contributed by atoms with Crippen molar-refractivity contribution in [3.8, 4) is 0 Å². The Morgan fingerprint density at radius 1 is 1.22 bits per heavy atom. The lowest BCUT2D eigenvalue weighted by Crippen LogP contribution is -2.52. The first-order valence-electron chi connectivity index (χ1n) is 7.90. The van der Waals surface area contributed by atoms with Crippen LogP contribution in [0.3, 0.4) is 0 Å². The predicted molar refractivity (Wildman–Crippen MR) is 89.9 cm³/mol. The first kappa shape index (κ1) is 14.8. The average molecular weight is 333 g/mol. The maximum absolute atomic E-state index is 12.6. The Morgan fingerprint density at radius 3 is 2.87 bits per heavy atom. The maximum Gasteiger partial charge on any atom is 0.298 e. The molecule has 0 spiro atoms. The number of ether oxygens (including phenoxy) is 1. The number of oxazole rings is 1. The van der Waals surface area contributed by atoms with Crippen LogP contribution >= 0.6 is 11.8 Å². The lowest BCUT2D eigenvalue weighted by Gasteiger charge is -2.35. The van der Waals surface area contributed by atoms with Gasteiger partial charge in [-0.1, -0.05) is 12.1 Å². The second kappa shape index (κ2) is 6.41. The van der Waals surface area contributed by atoms with Crippen LogP contribution in [-0.2, 0) is 9.53 Å². The molecule has 122 valence electrons. The van der Waals surface area contributed by atoms with Crippen molar-refractivity contribution in [2.45, 2.75) is 6.10 Å². The van der Waals surface area contributed by atoms with Gasteiger partial charge in [0.1, 0.15) is 5.52 Å². The van der Waals surface area contributed by atoms with E-state index >= 15 is 0 Å². The van der Waals surface area contributed by atoms with Crippen LogP contribution < -0.4 is 4.90 Å². The summed E-state index contributed by atoms with van der Waals surface area (Å²) in [6, 6.07) is 8.27. The monoisotopic (exact) mass is 333 g/mol. The highest BCUT2D eigenvalue weighted by Crippen LogP contribution is 2.24. The van der Waals surface area contributed by atoms with Gasteiger partial charge in [-0.25, -0.2) is 0 Å². The van der Waals surface area contributed by atoms with Crippen LogP contribution in [0.2, 0.25) is 0 Å². The summed E-state index contributed by atoms with van der Waals surface area (Å²) in [5, 5.41) is 0. The largest absolute Gasteiger partial charge is 0.423 e. The van der Waals surface area contributed by atoms with Gasteiger partial charge >= 0.3 is 0 Å². The molecule has 2 aliphatic heterocycles. The van der Waals surface area contributed by atoms with Gasteiger partial charge in [0.2, 0.25) is 0 Å². The summed E-state index contributed by atoms with van der Waals surface area (Å²) in [6.07, 6.45) is -0.429. The van der Waals surface area contributed by atoms with E-state index in [9.17, 15) is 4.79 Å². The fraction of sp³-hybridized carbons (Fsp3) is 0.500. The summed E-state index contributed by atoms with van der Waals surface area (Å²) < 4.78 is 11.5. The molecular weight excluding hydrogens is 314 g/mol. The van der Waals surface area contributed by atoms with Crippen molar-refractivity contribution in [3.63, 3.8) is 0 Å². The number of benzene rings is 1. The molecule has 0 N–H and O–H groups in total. The second-order valence-electron chi connectivity index (χ2n) is 5.71. The quantitative estimate of drug-likeness (QED) is 0.832. The normalized spacial score (nSPS) is 22.5. The molecule has 2 saturated heterocycles. The summed E-state index contributed by atoms with van der Waals surface area (Å²) in [4.78, 5) is 21.1. The Hall–Kier alpha value is -1.73. The molecule has 0 bridgehead atoms. The van der Waals surface area contributed by atoms with Crippen LogP contribution in [0.25, 0.3) is 11.1 Å². The number of hydrogen-bond donors (Lipinski definition) is 0. The Labute approximate surface area is 138 Å². The molecule has 4 rings (SSSR count). The van der Waals surface area contributed by atoms with Crippen molar-refractivity contribution < 1.29 is 13.9 Å². The molecule has 0 saturated carbocycles. The van der Waals surface area contributed by atoms with E-state index in [1.54, 1.807) is 0 Å². The molecule has 1 aromatic heterocycles. The van der Waals surface area contributed by atoms with Gasteiger partial charge < -0.3 is 19.0 Å². The van der Waals surface area contributed by atoms with Crippen LogP contribution in [0.15, 0.2) is 28.7 Å². The number of aromatic nitrogens is 1. The fourth-order valence-corrected chi connectivity index (χ4v) is 3.86. The van der Waals surface area contributed by atoms with Crippen molar-refractivity contribution in [2.75, 3.05) is 49.2 Å². The highest BCUT2D eigenvalue weighted by molar-refractivity contribution is 7.99. The molecule has 0 aliphatic carbocycles. The van der Waals surface area contributed by atoms with Gasteiger partial charge in [-0.15, -0.1) is 0 Å². The molecule has 3 heterocycles. The fourth-order valence-electron chi connectivity index (χ4n) is 2.96. The topological polar surface area (TPSA) is 58.8 Å². The number of nitrogens with zero attached hydrogens (tertiary/aromatic N) is 3. The Kier molecular flexibility index (Phi) is 4.13. The molecule has 1 unspecified atom stereocenters. The van der Waals surface area contributed by atoms with E-state index in [1.807, 2.05) is 45.8 Å². The van der Waals surface area contributed by atoms with Crippen molar-refractivity contribution >= 4 is 34.8 Å². The summed E-state index contributed by atoms with van der Waals surface area (Å²) in [7, 11) is 0. The van der Waals surface area contributed by atoms with E-state index in [2.05, 4.69) is 4.98 Å². The number of morpholine rings is 1. The SMILES string of the molecule is O=C(C1CN(c2nc3ccccc3o2)CCO1)N1CCSCC1. The highest BCUT2D eigenvalue weighted by atomic mass is 32.2. The number of amides is 1. The lowest BCUT2D eigenvalue weighted by molar-refractivity contribution is -0.144. The van der Waals surface area contributed by atoms with Gasteiger partial charge in [0.15, 0.2) is 11.7 Å². The summed E-state index contributed by atoms with van der Waals surface area (Å²) in [5.41, 5.74) is 1.61. The minimum Gasteiger partial charge on any atom is -0.423 e. The highest BCUT2D eigenvalue weighted by Gasteiger charge is 2.32. The zero-order valence-corrected chi connectivity index (χ0v) is 13.6. The van der Waals surface area contributed by atoms with Crippen LogP contribution in [0.5, 0.6) is 0 Å². The standard InChI is InChI=1S/C16H19N3O3S/c20-15(18-6-9-23-10-7-18)14-11-19(5-8-21-14)16-17-12-3-1-2-4-13(12)22-16/h1-4,14H,5-11H2. The van der Waals surface area contributed by atoms with E-state index in [-0.39, 0.29) is 5.91 Å². The minimum atomic E-state index is -0.429. The number of rotatable bonds is 2. The van der Waals surface area contributed by atoms with Gasteiger partial charge in [0.05, 0.1) is 13.2 Å². The number of carbonyl (C=O) groups excluding carboxylic acids is 1. The number of anilines is 1. The smallest absolute Gasteiger partial charge is 0.298 e. The van der Waals surface area contributed by atoms with Gasteiger partial charge in [-0.05, 0) is 12.1 Å². The summed E-state index contributed by atoms with van der Waals surface area (Å²) in [6.45, 7) is 3.32. The average Bonchev–Trinajstić information content (AvgIpc) is 3.06. The van der Waals surface area contributed by atoms with Crippen LogP contribution in [0, 0.1) is 0 Å². The molecule has 1 atom stereocenters. The van der Waals surface area contributed by atoms with Gasteiger partial charge in [0, 0.05) is 31.1 Å². The molecule has 2 aromatic rings. The molecule has 2 fully saturated rings. The van der Waals surface area contributed by atoms with Crippen LogP contribution in [0.4, 0.5) is 6.01 Å². The van der Waals surface area contributed by atoms with E-state index in [4.69, 9.17) is 9.15 Å². The molecule has 0 radical (unpaired) electrons. The number of fused-ring (bicyclic) bond motifs is 1. The summed E-state index contributed by atoms with van der Waals surface area (Å²) >= 11 is 1.89. The Morgan fingerprint density at radius 2 is 2.04 bits per heavy atom. The Bertz CT molecular complexity index is 666. The third kappa shape index (κ3) is 3.03. The van der Waals surface area contributed by atoms with E-state index in [0.29, 0.717) is 25.7 Å².